The number of aromatic nitrogens is 2. The van der Waals surface area contributed by atoms with E-state index >= 15 is 0 Å². The van der Waals surface area contributed by atoms with Crippen LogP contribution in [0, 0.1) is 0 Å². The molecule has 1 aliphatic heterocycles. The SMILES string of the molecule is O=C(c1cnn(-c2ccc(Cl)cc2)c1C(F)(F)F)N1CCCCCC1. The van der Waals surface area contributed by atoms with E-state index in [0.717, 1.165) is 36.6 Å². The molecule has 0 aliphatic carbocycles. The zero-order valence-electron chi connectivity index (χ0n) is 13.4. The maximum atomic E-state index is 13.7. The van der Waals surface area contributed by atoms with Crippen LogP contribution in [0.4, 0.5) is 13.2 Å². The number of amides is 1. The lowest BCUT2D eigenvalue weighted by Crippen LogP contribution is -2.33. The van der Waals surface area contributed by atoms with Gasteiger partial charge in [-0.1, -0.05) is 24.4 Å². The molecule has 0 bridgehead atoms. The van der Waals surface area contributed by atoms with Gasteiger partial charge in [0.05, 0.1) is 17.4 Å². The molecule has 2 heterocycles. The minimum Gasteiger partial charge on any atom is -0.339 e. The number of benzene rings is 1. The van der Waals surface area contributed by atoms with Crippen molar-refractivity contribution in [3.63, 3.8) is 0 Å². The van der Waals surface area contributed by atoms with Gasteiger partial charge in [0.15, 0.2) is 5.69 Å². The zero-order chi connectivity index (χ0) is 18.0. The fraction of sp³-hybridized carbons (Fsp3) is 0.412. The highest BCUT2D eigenvalue weighted by Gasteiger charge is 2.41. The van der Waals surface area contributed by atoms with E-state index in [1.807, 2.05) is 0 Å². The Balaban J connectivity index is 2.02. The molecule has 8 heteroatoms. The normalized spacial score (nSPS) is 15.9. The Labute approximate surface area is 148 Å². The van der Waals surface area contributed by atoms with Crippen LogP contribution >= 0.6 is 11.6 Å². The molecule has 1 aromatic heterocycles. The predicted molar refractivity (Wildman–Crippen MR) is 87.9 cm³/mol. The number of hydrogen-bond donors (Lipinski definition) is 0. The Kier molecular flexibility index (Phi) is 5.03. The van der Waals surface area contributed by atoms with Gasteiger partial charge < -0.3 is 4.90 Å². The van der Waals surface area contributed by atoms with Crippen molar-refractivity contribution in [2.75, 3.05) is 13.1 Å². The Morgan fingerprint density at radius 1 is 1.04 bits per heavy atom. The third kappa shape index (κ3) is 3.81. The number of carbonyl (C=O) groups is 1. The number of carbonyl (C=O) groups excluding carboxylic acids is 1. The van der Waals surface area contributed by atoms with Crippen LogP contribution in [-0.2, 0) is 6.18 Å². The lowest BCUT2D eigenvalue weighted by molar-refractivity contribution is -0.143. The molecular weight excluding hydrogens is 355 g/mol. The number of likely N-dealkylation sites (tertiary alicyclic amines) is 1. The molecule has 25 heavy (non-hydrogen) atoms. The summed E-state index contributed by atoms with van der Waals surface area (Å²) in [6.07, 6.45) is -0.117. The Hall–Kier alpha value is -2.02. The summed E-state index contributed by atoms with van der Waals surface area (Å²) in [4.78, 5) is 14.2. The average molecular weight is 372 g/mol. The highest BCUT2D eigenvalue weighted by molar-refractivity contribution is 6.30. The second kappa shape index (κ2) is 7.07. The summed E-state index contributed by atoms with van der Waals surface area (Å²) in [6.45, 7) is 0.949. The van der Waals surface area contributed by atoms with Crippen LogP contribution < -0.4 is 0 Å². The molecule has 0 radical (unpaired) electrons. The summed E-state index contributed by atoms with van der Waals surface area (Å²) in [5, 5.41) is 4.24. The van der Waals surface area contributed by atoms with Crippen molar-refractivity contribution in [1.82, 2.24) is 14.7 Å². The average Bonchev–Trinajstić information content (AvgIpc) is 2.84. The Bertz CT molecular complexity index is 747. The van der Waals surface area contributed by atoms with Gasteiger partial charge in [0, 0.05) is 18.1 Å². The zero-order valence-corrected chi connectivity index (χ0v) is 14.1. The molecule has 1 aliphatic rings. The van der Waals surface area contributed by atoms with E-state index in [1.165, 1.54) is 29.2 Å². The van der Waals surface area contributed by atoms with Crippen LogP contribution in [0.2, 0.25) is 5.02 Å². The van der Waals surface area contributed by atoms with Crippen LogP contribution in [-0.4, -0.2) is 33.7 Å². The van der Waals surface area contributed by atoms with Crippen molar-refractivity contribution < 1.29 is 18.0 Å². The third-order valence-electron chi connectivity index (χ3n) is 4.23. The van der Waals surface area contributed by atoms with Gasteiger partial charge in [0.25, 0.3) is 5.91 Å². The molecule has 3 rings (SSSR count). The van der Waals surface area contributed by atoms with Gasteiger partial charge in [-0.3, -0.25) is 4.79 Å². The topological polar surface area (TPSA) is 38.1 Å². The smallest absolute Gasteiger partial charge is 0.339 e. The monoisotopic (exact) mass is 371 g/mol. The van der Waals surface area contributed by atoms with Crippen molar-refractivity contribution in [3.05, 3.63) is 46.7 Å². The lowest BCUT2D eigenvalue weighted by atomic mass is 10.2. The van der Waals surface area contributed by atoms with Crippen LogP contribution in [0.1, 0.15) is 41.7 Å². The van der Waals surface area contributed by atoms with E-state index in [1.54, 1.807) is 0 Å². The molecular formula is C17H17ClF3N3O. The molecule has 0 atom stereocenters. The van der Waals surface area contributed by atoms with Gasteiger partial charge >= 0.3 is 6.18 Å². The van der Waals surface area contributed by atoms with Crippen molar-refractivity contribution in [3.8, 4) is 5.69 Å². The lowest BCUT2D eigenvalue weighted by Gasteiger charge is -2.21. The van der Waals surface area contributed by atoms with Crippen LogP contribution in [0.25, 0.3) is 5.69 Å². The van der Waals surface area contributed by atoms with Crippen LogP contribution in [0.5, 0.6) is 0 Å². The van der Waals surface area contributed by atoms with E-state index in [4.69, 9.17) is 11.6 Å². The second-order valence-electron chi connectivity index (χ2n) is 6.00. The number of rotatable bonds is 2. The third-order valence-corrected chi connectivity index (χ3v) is 4.48. The molecule has 1 fully saturated rings. The summed E-state index contributed by atoms with van der Waals surface area (Å²) in [5.74, 6) is -0.616. The van der Waals surface area contributed by atoms with Crippen molar-refractivity contribution in [2.45, 2.75) is 31.9 Å². The molecule has 1 amide bonds. The summed E-state index contributed by atoms with van der Waals surface area (Å²) in [6, 6.07) is 5.83. The molecule has 1 aromatic carbocycles. The van der Waals surface area contributed by atoms with E-state index in [0.29, 0.717) is 18.1 Å². The molecule has 4 nitrogen and oxygen atoms in total. The molecule has 0 N–H and O–H groups in total. The Morgan fingerprint density at radius 3 is 2.20 bits per heavy atom. The molecule has 0 saturated carbocycles. The maximum absolute atomic E-state index is 13.7. The van der Waals surface area contributed by atoms with Crippen molar-refractivity contribution >= 4 is 17.5 Å². The number of hydrogen-bond acceptors (Lipinski definition) is 2. The fourth-order valence-electron chi connectivity index (χ4n) is 3.00. The summed E-state index contributed by atoms with van der Waals surface area (Å²) < 4.78 is 41.7. The minimum absolute atomic E-state index is 0.201. The van der Waals surface area contributed by atoms with Gasteiger partial charge in [0.1, 0.15) is 0 Å². The fourth-order valence-corrected chi connectivity index (χ4v) is 3.13. The predicted octanol–water partition coefficient (Wildman–Crippen LogP) is 4.56. The quantitative estimate of drug-likeness (QED) is 0.776. The van der Waals surface area contributed by atoms with E-state index in [2.05, 4.69) is 5.10 Å². The van der Waals surface area contributed by atoms with E-state index in [9.17, 15) is 18.0 Å². The van der Waals surface area contributed by atoms with Crippen LogP contribution in [0.3, 0.4) is 0 Å². The maximum Gasteiger partial charge on any atom is 0.434 e. The molecule has 0 spiro atoms. The molecule has 2 aromatic rings. The van der Waals surface area contributed by atoms with Gasteiger partial charge in [-0.05, 0) is 37.1 Å². The first-order valence-corrected chi connectivity index (χ1v) is 8.46. The van der Waals surface area contributed by atoms with Crippen LogP contribution in [0.15, 0.2) is 30.5 Å². The van der Waals surface area contributed by atoms with Gasteiger partial charge in [0.2, 0.25) is 0 Å². The molecule has 0 unspecified atom stereocenters. The van der Waals surface area contributed by atoms with Gasteiger partial charge in [-0.15, -0.1) is 0 Å². The van der Waals surface area contributed by atoms with Crippen molar-refractivity contribution in [2.24, 2.45) is 0 Å². The first-order chi connectivity index (χ1) is 11.9. The standard InChI is InChI=1S/C17H17ClF3N3O/c18-12-5-7-13(8-6-12)24-15(17(19,20)21)14(11-22-24)16(25)23-9-3-1-2-4-10-23/h5-8,11H,1-4,9-10H2. The highest BCUT2D eigenvalue weighted by atomic mass is 35.5. The largest absolute Gasteiger partial charge is 0.434 e. The number of alkyl halides is 3. The first-order valence-electron chi connectivity index (χ1n) is 8.08. The van der Waals surface area contributed by atoms with E-state index in [-0.39, 0.29) is 5.69 Å². The first kappa shape index (κ1) is 17.8. The highest BCUT2D eigenvalue weighted by Crippen LogP contribution is 2.34. The molecule has 134 valence electrons. The summed E-state index contributed by atoms with van der Waals surface area (Å²) >= 11 is 5.79. The van der Waals surface area contributed by atoms with E-state index < -0.39 is 23.3 Å². The Morgan fingerprint density at radius 2 is 1.64 bits per heavy atom. The molecule has 1 saturated heterocycles. The minimum atomic E-state index is -4.70. The van der Waals surface area contributed by atoms with Gasteiger partial charge in [-0.2, -0.15) is 18.3 Å². The summed E-state index contributed by atoms with van der Waals surface area (Å²) in [7, 11) is 0. The van der Waals surface area contributed by atoms with Crippen molar-refractivity contribution in [1.29, 1.82) is 0 Å². The second-order valence-corrected chi connectivity index (χ2v) is 6.44. The number of halogens is 4. The van der Waals surface area contributed by atoms with Gasteiger partial charge in [-0.25, -0.2) is 4.68 Å². The summed E-state index contributed by atoms with van der Waals surface area (Å²) in [5.41, 5.74) is -1.26. The number of nitrogens with zero attached hydrogens (tertiary/aromatic N) is 3.